The van der Waals surface area contributed by atoms with Crippen LogP contribution < -0.4 is 10.1 Å². The molecule has 2 rings (SSSR count). The summed E-state index contributed by atoms with van der Waals surface area (Å²) >= 11 is 0. The van der Waals surface area contributed by atoms with Gasteiger partial charge in [-0.05, 0) is 30.3 Å². The van der Waals surface area contributed by atoms with Gasteiger partial charge in [-0.1, -0.05) is 24.3 Å². The highest BCUT2D eigenvalue weighted by atomic mass is 16.5. The average molecular weight is 299 g/mol. The van der Waals surface area contributed by atoms with Crippen LogP contribution >= 0.6 is 0 Å². The summed E-state index contributed by atoms with van der Waals surface area (Å²) in [6, 6.07) is 14.4. The number of hydrogen-bond donors (Lipinski definition) is 2. The van der Waals surface area contributed by atoms with E-state index in [1.165, 1.54) is 18.2 Å². The highest BCUT2D eigenvalue weighted by molar-refractivity contribution is 5.96. The van der Waals surface area contributed by atoms with Crippen molar-refractivity contribution in [2.24, 2.45) is 0 Å². The number of esters is 1. The van der Waals surface area contributed by atoms with Gasteiger partial charge in [0, 0.05) is 5.56 Å². The molecule has 2 aromatic carbocycles. The number of carbonyl (C=O) groups is 3. The van der Waals surface area contributed by atoms with Crippen LogP contribution in [0.5, 0.6) is 5.75 Å². The van der Waals surface area contributed by atoms with Crippen molar-refractivity contribution in [1.29, 1.82) is 0 Å². The van der Waals surface area contributed by atoms with E-state index in [1.54, 1.807) is 36.4 Å². The van der Waals surface area contributed by atoms with Gasteiger partial charge in [0.05, 0.1) is 5.56 Å². The molecule has 0 fully saturated rings. The van der Waals surface area contributed by atoms with Crippen LogP contribution in [0, 0.1) is 0 Å². The number of ether oxygens (including phenoxy) is 1. The third-order valence-corrected chi connectivity index (χ3v) is 2.72. The van der Waals surface area contributed by atoms with E-state index in [9.17, 15) is 14.4 Å². The van der Waals surface area contributed by atoms with E-state index in [0.717, 1.165) is 0 Å². The number of amides is 1. The van der Waals surface area contributed by atoms with Crippen LogP contribution in [0.1, 0.15) is 20.7 Å². The fourth-order valence-electron chi connectivity index (χ4n) is 1.70. The van der Waals surface area contributed by atoms with Gasteiger partial charge in [-0.3, -0.25) is 9.59 Å². The maximum atomic E-state index is 11.9. The van der Waals surface area contributed by atoms with Gasteiger partial charge in [0.2, 0.25) is 0 Å². The van der Waals surface area contributed by atoms with E-state index in [0.29, 0.717) is 5.56 Å². The van der Waals surface area contributed by atoms with Crippen LogP contribution in [0.25, 0.3) is 0 Å². The minimum atomic E-state index is -1.14. The molecule has 22 heavy (non-hydrogen) atoms. The maximum absolute atomic E-state index is 11.9. The van der Waals surface area contributed by atoms with Crippen molar-refractivity contribution in [1.82, 2.24) is 5.32 Å². The van der Waals surface area contributed by atoms with Crippen LogP contribution in [0.3, 0.4) is 0 Å². The molecule has 1 amide bonds. The Morgan fingerprint density at radius 2 is 1.64 bits per heavy atom. The quantitative estimate of drug-likeness (QED) is 0.648. The van der Waals surface area contributed by atoms with Gasteiger partial charge in [0.25, 0.3) is 5.91 Å². The van der Waals surface area contributed by atoms with Gasteiger partial charge >= 0.3 is 11.9 Å². The Labute approximate surface area is 126 Å². The van der Waals surface area contributed by atoms with Gasteiger partial charge in [-0.2, -0.15) is 0 Å². The summed E-state index contributed by atoms with van der Waals surface area (Å²) in [6.45, 7) is -0.479. The average Bonchev–Trinajstić information content (AvgIpc) is 2.53. The molecule has 6 nitrogen and oxygen atoms in total. The number of carbonyl (C=O) groups excluding carboxylic acids is 2. The lowest BCUT2D eigenvalue weighted by Gasteiger charge is -2.06. The monoisotopic (exact) mass is 299 g/mol. The standard InChI is InChI=1S/C16H13NO5/c18-14(19)10-17-15(20)12-7-4-8-13(9-12)22-16(21)11-5-2-1-3-6-11/h1-9H,10H2,(H,17,20)(H,18,19). The summed E-state index contributed by atoms with van der Waals surface area (Å²) in [4.78, 5) is 34.1. The SMILES string of the molecule is O=C(O)CNC(=O)c1cccc(OC(=O)c2ccccc2)c1. The first-order chi connectivity index (χ1) is 10.6. The van der Waals surface area contributed by atoms with Crippen LogP contribution in [-0.2, 0) is 4.79 Å². The topological polar surface area (TPSA) is 92.7 Å². The van der Waals surface area contributed by atoms with Crippen LogP contribution in [-0.4, -0.2) is 29.5 Å². The van der Waals surface area contributed by atoms with Crippen molar-refractivity contribution in [2.75, 3.05) is 6.54 Å². The van der Waals surface area contributed by atoms with E-state index in [2.05, 4.69) is 5.32 Å². The third-order valence-electron chi connectivity index (χ3n) is 2.72. The molecule has 0 aliphatic rings. The van der Waals surface area contributed by atoms with Crippen molar-refractivity contribution >= 4 is 17.8 Å². The summed E-state index contributed by atoms with van der Waals surface area (Å²) in [5.74, 6) is -2.03. The Balaban J connectivity index is 2.07. The molecule has 0 atom stereocenters. The summed E-state index contributed by atoms with van der Waals surface area (Å²) in [6.07, 6.45) is 0. The van der Waals surface area contributed by atoms with Gasteiger partial charge in [0.15, 0.2) is 0 Å². The molecule has 0 aliphatic carbocycles. The summed E-state index contributed by atoms with van der Waals surface area (Å²) < 4.78 is 5.18. The zero-order valence-electron chi connectivity index (χ0n) is 11.5. The van der Waals surface area contributed by atoms with E-state index >= 15 is 0 Å². The molecule has 0 unspecified atom stereocenters. The Hall–Kier alpha value is -3.15. The van der Waals surface area contributed by atoms with Gasteiger partial charge in [0.1, 0.15) is 12.3 Å². The summed E-state index contributed by atoms with van der Waals surface area (Å²) in [5.41, 5.74) is 0.600. The van der Waals surface area contributed by atoms with Crippen LogP contribution in [0.15, 0.2) is 54.6 Å². The number of nitrogens with one attached hydrogen (secondary N) is 1. The predicted molar refractivity (Wildman–Crippen MR) is 77.8 cm³/mol. The number of aliphatic carboxylic acids is 1. The molecule has 0 radical (unpaired) electrons. The maximum Gasteiger partial charge on any atom is 0.343 e. The Kier molecular flexibility index (Phi) is 4.87. The molecule has 0 heterocycles. The molecule has 0 aliphatic heterocycles. The zero-order chi connectivity index (χ0) is 15.9. The lowest BCUT2D eigenvalue weighted by Crippen LogP contribution is -2.29. The fourth-order valence-corrected chi connectivity index (χ4v) is 1.70. The minimum absolute atomic E-state index is 0.205. The molecule has 0 saturated heterocycles. The first kappa shape index (κ1) is 15.2. The molecule has 0 saturated carbocycles. The normalized spacial score (nSPS) is 9.82. The van der Waals surface area contributed by atoms with E-state index < -0.39 is 24.4 Å². The molecule has 0 spiro atoms. The number of carboxylic acids is 1. The van der Waals surface area contributed by atoms with Crippen molar-refractivity contribution in [2.45, 2.75) is 0 Å². The lowest BCUT2D eigenvalue weighted by atomic mass is 10.2. The van der Waals surface area contributed by atoms with Gasteiger partial charge in [-0.15, -0.1) is 0 Å². The van der Waals surface area contributed by atoms with Crippen molar-refractivity contribution in [3.8, 4) is 5.75 Å². The summed E-state index contributed by atoms with van der Waals surface area (Å²) in [7, 11) is 0. The second-order valence-electron chi connectivity index (χ2n) is 4.36. The molecule has 2 aromatic rings. The molecular formula is C16H13NO5. The van der Waals surface area contributed by atoms with Gasteiger partial charge in [-0.25, -0.2) is 4.79 Å². The summed E-state index contributed by atoms with van der Waals surface area (Å²) in [5, 5.41) is 10.8. The van der Waals surface area contributed by atoms with E-state index in [1.807, 2.05) is 0 Å². The van der Waals surface area contributed by atoms with E-state index in [4.69, 9.17) is 9.84 Å². The molecular weight excluding hydrogens is 286 g/mol. The first-order valence-corrected chi connectivity index (χ1v) is 6.43. The predicted octanol–water partition coefficient (Wildman–Crippen LogP) is 1.72. The fraction of sp³-hybridized carbons (Fsp3) is 0.0625. The van der Waals surface area contributed by atoms with Crippen molar-refractivity contribution in [3.63, 3.8) is 0 Å². The minimum Gasteiger partial charge on any atom is -0.480 e. The first-order valence-electron chi connectivity index (χ1n) is 6.43. The van der Waals surface area contributed by atoms with Crippen molar-refractivity contribution < 1.29 is 24.2 Å². The second kappa shape index (κ2) is 7.03. The smallest absolute Gasteiger partial charge is 0.343 e. The lowest BCUT2D eigenvalue weighted by molar-refractivity contribution is -0.135. The number of hydrogen-bond acceptors (Lipinski definition) is 4. The zero-order valence-corrected chi connectivity index (χ0v) is 11.5. The Morgan fingerprint density at radius 3 is 2.32 bits per heavy atom. The van der Waals surface area contributed by atoms with Crippen LogP contribution in [0.2, 0.25) is 0 Å². The Morgan fingerprint density at radius 1 is 0.955 bits per heavy atom. The number of rotatable bonds is 5. The van der Waals surface area contributed by atoms with Crippen molar-refractivity contribution in [3.05, 3.63) is 65.7 Å². The second-order valence-corrected chi connectivity index (χ2v) is 4.36. The molecule has 2 N–H and O–H groups in total. The van der Waals surface area contributed by atoms with Gasteiger partial charge < -0.3 is 15.2 Å². The Bertz CT molecular complexity index is 697. The molecule has 112 valence electrons. The molecule has 0 bridgehead atoms. The highest BCUT2D eigenvalue weighted by Crippen LogP contribution is 2.15. The van der Waals surface area contributed by atoms with E-state index in [-0.39, 0.29) is 11.3 Å². The van der Waals surface area contributed by atoms with Crippen LogP contribution in [0.4, 0.5) is 0 Å². The molecule has 6 heteroatoms. The number of carboxylic acid groups (broad SMARTS) is 1. The largest absolute Gasteiger partial charge is 0.480 e. The highest BCUT2D eigenvalue weighted by Gasteiger charge is 2.11. The third kappa shape index (κ3) is 4.17. The molecule has 0 aromatic heterocycles. The number of benzene rings is 2.